The molecular weight excluding hydrogens is 335 g/mol. The van der Waals surface area contributed by atoms with Crippen LogP contribution >= 0.6 is 0 Å². The number of hydrogen-bond acceptors (Lipinski definition) is 5. The fourth-order valence-electron chi connectivity index (χ4n) is 2.93. The molecule has 0 fully saturated rings. The Balaban J connectivity index is 1.66. The van der Waals surface area contributed by atoms with Crippen LogP contribution in [0, 0.1) is 0 Å². The Morgan fingerprint density at radius 2 is 1.89 bits per heavy atom. The van der Waals surface area contributed by atoms with Crippen molar-refractivity contribution in [1.82, 2.24) is 19.6 Å². The van der Waals surface area contributed by atoms with Gasteiger partial charge in [-0.05, 0) is 17.1 Å². The molecule has 0 saturated carbocycles. The summed E-state index contributed by atoms with van der Waals surface area (Å²) in [6.07, 6.45) is 3.74. The van der Waals surface area contributed by atoms with Crippen LogP contribution in [-0.2, 0) is 6.54 Å². The van der Waals surface area contributed by atoms with Crippen LogP contribution in [0.1, 0.15) is 5.56 Å². The number of aromatic nitrogens is 4. The van der Waals surface area contributed by atoms with Gasteiger partial charge < -0.3 is 10.2 Å². The summed E-state index contributed by atoms with van der Waals surface area (Å²) < 4.78 is 1.85. The second-order valence-corrected chi connectivity index (χ2v) is 6.73. The first-order chi connectivity index (χ1) is 13.1. The molecule has 0 aliphatic heterocycles. The van der Waals surface area contributed by atoms with Gasteiger partial charge in [-0.25, -0.2) is 9.97 Å². The predicted molar refractivity (Wildman–Crippen MR) is 112 cm³/mol. The maximum Gasteiger partial charge on any atom is 0.151 e. The van der Waals surface area contributed by atoms with Crippen molar-refractivity contribution in [3.8, 4) is 11.3 Å². The molecule has 1 N–H and O–H groups in total. The Morgan fingerprint density at radius 3 is 2.59 bits per heavy atom. The molecule has 0 aliphatic rings. The molecule has 7 heteroatoms. The van der Waals surface area contributed by atoms with Crippen LogP contribution in [0.25, 0.3) is 16.9 Å². The largest absolute Gasteiger partial charge is 0.366 e. The van der Waals surface area contributed by atoms with Gasteiger partial charge >= 0.3 is 0 Å². The quantitative estimate of drug-likeness (QED) is 0.552. The number of benzene rings is 1. The number of pyridine rings is 1. The second kappa shape index (κ2) is 7.11. The molecule has 0 bridgehead atoms. The van der Waals surface area contributed by atoms with Gasteiger partial charge in [-0.2, -0.15) is 9.61 Å². The molecule has 0 atom stereocenters. The third-order valence-corrected chi connectivity index (χ3v) is 4.46. The molecule has 0 unspecified atom stereocenters. The Kier molecular flexibility index (Phi) is 4.50. The molecule has 1 aromatic carbocycles. The standard InChI is InChI=1S/C20H21BN6/c1-26(2)18-9-8-14(11-22-18)12-23-19-10-17(15-6-4-3-5-7-15)25-20-16(21)13-24-27(19)20/h3-11,13,23H,12,21H2,1-2H3. The number of anilines is 2. The van der Waals surface area contributed by atoms with E-state index in [9.17, 15) is 0 Å². The minimum atomic E-state index is 0.660. The number of nitrogens with one attached hydrogen (secondary N) is 1. The molecule has 27 heavy (non-hydrogen) atoms. The number of nitrogens with zero attached hydrogens (tertiary/aromatic N) is 5. The van der Waals surface area contributed by atoms with Gasteiger partial charge in [0.1, 0.15) is 19.5 Å². The van der Waals surface area contributed by atoms with Gasteiger partial charge in [0, 0.05) is 44.7 Å². The lowest BCUT2D eigenvalue weighted by atomic mass is 10.0. The average molecular weight is 356 g/mol. The zero-order valence-electron chi connectivity index (χ0n) is 15.7. The van der Waals surface area contributed by atoms with Crippen molar-refractivity contribution in [3.63, 3.8) is 0 Å². The summed E-state index contributed by atoms with van der Waals surface area (Å²) in [5, 5.41) is 7.95. The molecule has 0 spiro atoms. The van der Waals surface area contributed by atoms with Crippen LogP contribution in [0.2, 0.25) is 0 Å². The Morgan fingerprint density at radius 1 is 1.07 bits per heavy atom. The highest BCUT2D eigenvalue weighted by Gasteiger charge is 2.10. The normalized spacial score (nSPS) is 10.9. The van der Waals surface area contributed by atoms with Crippen molar-refractivity contribution in [1.29, 1.82) is 0 Å². The van der Waals surface area contributed by atoms with Crippen molar-refractivity contribution in [3.05, 3.63) is 66.5 Å². The zero-order valence-corrected chi connectivity index (χ0v) is 15.7. The molecule has 0 saturated heterocycles. The third-order valence-electron chi connectivity index (χ3n) is 4.46. The lowest BCUT2D eigenvalue weighted by Gasteiger charge is -2.13. The maximum atomic E-state index is 4.79. The van der Waals surface area contributed by atoms with E-state index in [2.05, 4.69) is 33.6 Å². The molecule has 0 aliphatic carbocycles. The summed E-state index contributed by atoms with van der Waals surface area (Å²) in [4.78, 5) is 11.3. The molecule has 0 amide bonds. The van der Waals surface area contributed by atoms with Crippen LogP contribution in [-0.4, -0.2) is 41.5 Å². The van der Waals surface area contributed by atoms with Crippen molar-refractivity contribution in [2.75, 3.05) is 24.3 Å². The number of rotatable bonds is 5. The van der Waals surface area contributed by atoms with Gasteiger partial charge in [0.25, 0.3) is 0 Å². The first-order valence-electron chi connectivity index (χ1n) is 8.89. The summed E-state index contributed by atoms with van der Waals surface area (Å²) in [6, 6.07) is 16.3. The fraction of sp³-hybridized carbons (Fsp3) is 0.150. The van der Waals surface area contributed by atoms with Crippen molar-refractivity contribution >= 4 is 30.6 Å². The van der Waals surface area contributed by atoms with E-state index in [4.69, 9.17) is 4.98 Å². The van der Waals surface area contributed by atoms with Crippen LogP contribution in [0.5, 0.6) is 0 Å². The molecule has 4 rings (SSSR count). The van der Waals surface area contributed by atoms with Crippen molar-refractivity contribution in [2.24, 2.45) is 0 Å². The predicted octanol–water partition coefficient (Wildman–Crippen LogP) is 1.73. The molecule has 0 radical (unpaired) electrons. The van der Waals surface area contributed by atoms with E-state index in [-0.39, 0.29) is 0 Å². The number of fused-ring (bicyclic) bond motifs is 1. The number of hydrogen-bond donors (Lipinski definition) is 1. The molecule has 6 nitrogen and oxygen atoms in total. The zero-order chi connectivity index (χ0) is 18.8. The van der Waals surface area contributed by atoms with E-state index in [0.29, 0.717) is 6.54 Å². The van der Waals surface area contributed by atoms with E-state index < -0.39 is 0 Å². The van der Waals surface area contributed by atoms with Crippen LogP contribution in [0.15, 0.2) is 60.9 Å². The monoisotopic (exact) mass is 356 g/mol. The minimum absolute atomic E-state index is 0.660. The molecular formula is C20H21BN6. The van der Waals surface area contributed by atoms with E-state index in [1.807, 2.05) is 74.1 Å². The van der Waals surface area contributed by atoms with Crippen LogP contribution in [0.3, 0.4) is 0 Å². The lowest BCUT2D eigenvalue weighted by Crippen LogP contribution is -2.11. The third kappa shape index (κ3) is 3.49. The second-order valence-electron chi connectivity index (χ2n) is 6.73. The smallest absolute Gasteiger partial charge is 0.151 e. The summed E-state index contributed by atoms with van der Waals surface area (Å²) in [5.41, 5.74) is 5.03. The first-order valence-corrected chi connectivity index (χ1v) is 8.89. The Hall–Kier alpha value is -3.35. The highest BCUT2D eigenvalue weighted by molar-refractivity contribution is 6.36. The minimum Gasteiger partial charge on any atom is -0.366 e. The highest BCUT2D eigenvalue weighted by atomic mass is 15.3. The van der Waals surface area contributed by atoms with Crippen molar-refractivity contribution in [2.45, 2.75) is 6.54 Å². The topological polar surface area (TPSA) is 58.4 Å². The highest BCUT2D eigenvalue weighted by Crippen LogP contribution is 2.22. The van der Waals surface area contributed by atoms with Gasteiger partial charge in [0.15, 0.2) is 5.65 Å². The summed E-state index contributed by atoms with van der Waals surface area (Å²) in [7, 11) is 6.00. The average Bonchev–Trinajstić information content (AvgIpc) is 3.08. The van der Waals surface area contributed by atoms with Gasteiger partial charge in [-0.1, -0.05) is 36.4 Å². The van der Waals surface area contributed by atoms with E-state index in [1.54, 1.807) is 0 Å². The molecule has 134 valence electrons. The first kappa shape index (κ1) is 17.1. The fourth-order valence-corrected chi connectivity index (χ4v) is 2.93. The Bertz CT molecular complexity index is 1060. The summed E-state index contributed by atoms with van der Waals surface area (Å²) in [6.45, 7) is 0.660. The van der Waals surface area contributed by atoms with Crippen LogP contribution in [0.4, 0.5) is 11.6 Å². The molecule has 4 aromatic rings. The SMILES string of the molecule is Bc1cnn2c(NCc3ccc(N(C)C)nc3)cc(-c3ccccc3)nc12. The van der Waals surface area contributed by atoms with Gasteiger partial charge in [-0.15, -0.1) is 0 Å². The Labute approximate surface area is 159 Å². The van der Waals surface area contributed by atoms with E-state index in [1.165, 1.54) is 0 Å². The molecule has 3 aromatic heterocycles. The van der Waals surface area contributed by atoms with Gasteiger partial charge in [0.2, 0.25) is 0 Å². The van der Waals surface area contributed by atoms with Gasteiger partial charge in [-0.3, -0.25) is 0 Å². The summed E-state index contributed by atoms with van der Waals surface area (Å²) in [5.74, 6) is 1.85. The van der Waals surface area contributed by atoms with Crippen LogP contribution < -0.4 is 15.7 Å². The maximum absolute atomic E-state index is 4.79. The van der Waals surface area contributed by atoms with E-state index in [0.717, 1.165) is 39.6 Å². The molecule has 3 heterocycles. The lowest BCUT2D eigenvalue weighted by molar-refractivity contribution is 0.924. The summed E-state index contributed by atoms with van der Waals surface area (Å²) >= 11 is 0. The van der Waals surface area contributed by atoms with Crippen molar-refractivity contribution < 1.29 is 0 Å². The van der Waals surface area contributed by atoms with Gasteiger partial charge in [0.05, 0.1) is 5.69 Å². The van der Waals surface area contributed by atoms with E-state index >= 15 is 0 Å².